The molecule has 3 aliphatic heterocycles. The number of alkyl halides is 3. The number of aromatic nitrogens is 1. The van der Waals surface area contributed by atoms with E-state index in [0.29, 0.717) is 37.2 Å². The first kappa shape index (κ1) is 31.5. The van der Waals surface area contributed by atoms with E-state index >= 15 is 0 Å². The monoisotopic (exact) mass is 662 g/mol. The summed E-state index contributed by atoms with van der Waals surface area (Å²) >= 11 is 6.16. The van der Waals surface area contributed by atoms with Gasteiger partial charge in [-0.15, -0.1) is 13.2 Å². The van der Waals surface area contributed by atoms with Crippen molar-refractivity contribution in [1.82, 2.24) is 9.88 Å². The number of nitrogens with zero attached hydrogens (tertiary/aromatic N) is 4. The molecule has 1 aromatic heterocycles. The number of rotatable bonds is 6. The van der Waals surface area contributed by atoms with Gasteiger partial charge in [0.15, 0.2) is 0 Å². The molecule has 2 saturated heterocycles. The maximum Gasteiger partial charge on any atom is 0.573 e. The Hall–Kier alpha value is -3.51. The first-order valence-electron chi connectivity index (χ1n) is 15.1. The molecular weight excluding hydrogens is 629 g/mol. The van der Waals surface area contributed by atoms with Gasteiger partial charge in [-0.3, -0.25) is 14.1 Å². The number of piperidine rings is 2. The van der Waals surface area contributed by atoms with E-state index in [1.165, 1.54) is 9.99 Å². The van der Waals surface area contributed by atoms with Gasteiger partial charge < -0.3 is 14.5 Å². The first-order valence-corrected chi connectivity index (χ1v) is 16.9. The maximum atomic E-state index is 13.7. The minimum atomic E-state index is -4.93. The molecule has 2 aromatic carbocycles. The molecule has 3 aliphatic rings. The Labute approximate surface area is 265 Å². The largest absolute Gasteiger partial charge is 0.573 e. The lowest BCUT2D eigenvalue weighted by atomic mass is 9.71. The maximum absolute atomic E-state index is 13.7. The highest BCUT2D eigenvalue weighted by Crippen LogP contribution is 2.42. The molecule has 0 radical (unpaired) electrons. The Bertz CT molecular complexity index is 1650. The van der Waals surface area contributed by atoms with Crippen LogP contribution >= 0.6 is 11.6 Å². The number of fused-ring (bicyclic) bond motifs is 1. The summed E-state index contributed by atoms with van der Waals surface area (Å²) in [4.78, 5) is 21.5. The molecule has 0 N–H and O–H groups in total. The normalized spacial score (nSPS) is 18.5. The topological polar surface area (TPSA) is 83.0 Å². The van der Waals surface area contributed by atoms with Crippen LogP contribution in [0.3, 0.4) is 0 Å². The van der Waals surface area contributed by atoms with Gasteiger partial charge in [-0.2, -0.15) is 0 Å². The standard InChI is InChI=1S/C32H34ClF3N4O4S/c33-27-22-26(44-32(34,35)36)5-6-29(27)45(42,43)40-15-1-2-24-4-3-23(20-28(24)40)21-30(41)39-18-11-31(12-19-39)9-16-38(17-10-31)25-7-13-37-14-8-25/h3-8,13-14,20,22H,1-2,9-12,15-19,21H2. The van der Waals surface area contributed by atoms with Gasteiger partial charge >= 0.3 is 6.36 Å². The van der Waals surface area contributed by atoms with E-state index in [1.807, 2.05) is 41.6 Å². The van der Waals surface area contributed by atoms with Crippen LogP contribution in [0.1, 0.15) is 43.2 Å². The fraction of sp³-hybridized carbons (Fsp3) is 0.438. The number of aryl methyl sites for hydroxylation is 1. The van der Waals surface area contributed by atoms with Crippen LogP contribution in [0.4, 0.5) is 24.5 Å². The molecule has 45 heavy (non-hydrogen) atoms. The van der Waals surface area contributed by atoms with Crippen LogP contribution in [0.25, 0.3) is 0 Å². The van der Waals surface area contributed by atoms with Crippen LogP contribution in [0, 0.1) is 5.41 Å². The van der Waals surface area contributed by atoms with Crippen molar-refractivity contribution in [2.75, 3.05) is 41.9 Å². The van der Waals surface area contributed by atoms with Gasteiger partial charge in [0, 0.05) is 56.9 Å². The Balaban J connectivity index is 1.11. The molecule has 0 atom stereocenters. The average molecular weight is 663 g/mol. The SMILES string of the molecule is O=C(Cc1ccc2c(c1)N(S(=O)(=O)c1ccc(OC(F)(F)F)cc1Cl)CCC2)N1CCC2(CC1)CCN(c1ccncc1)CC2. The Kier molecular flexibility index (Phi) is 8.64. The summed E-state index contributed by atoms with van der Waals surface area (Å²) in [7, 11) is -4.21. The van der Waals surface area contributed by atoms with E-state index in [-0.39, 0.29) is 34.2 Å². The summed E-state index contributed by atoms with van der Waals surface area (Å²) in [6, 6.07) is 12.3. The van der Waals surface area contributed by atoms with Crippen molar-refractivity contribution in [3.63, 3.8) is 0 Å². The number of pyridine rings is 1. The number of carbonyl (C=O) groups is 1. The number of sulfonamides is 1. The quantitative estimate of drug-likeness (QED) is 0.312. The molecule has 0 bridgehead atoms. The van der Waals surface area contributed by atoms with Gasteiger partial charge in [0.25, 0.3) is 10.0 Å². The number of hydrogen-bond acceptors (Lipinski definition) is 6. The van der Waals surface area contributed by atoms with Gasteiger partial charge in [0.05, 0.1) is 17.1 Å². The second kappa shape index (κ2) is 12.4. The fourth-order valence-corrected chi connectivity index (χ4v) is 8.81. The Morgan fingerprint density at radius 2 is 1.62 bits per heavy atom. The Morgan fingerprint density at radius 1 is 0.933 bits per heavy atom. The first-order chi connectivity index (χ1) is 21.4. The van der Waals surface area contributed by atoms with Crippen LogP contribution in [0.15, 0.2) is 65.8 Å². The van der Waals surface area contributed by atoms with Crippen molar-refractivity contribution in [3.8, 4) is 5.75 Å². The van der Waals surface area contributed by atoms with Crippen LogP contribution in [-0.2, 0) is 27.7 Å². The highest BCUT2D eigenvalue weighted by Gasteiger charge is 2.39. The molecule has 0 saturated carbocycles. The summed E-state index contributed by atoms with van der Waals surface area (Å²) in [5.41, 5.74) is 3.41. The fourth-order valence-electron chi connectivity index (χ4n) is 6.76. The van der Waals surface area contributed by atoms with E-state index in [2.05, 4.69) is 14.6 Å². The minimum absolute atomic E-state index is 0.00698. The second-order valence-electron chi connectivity index (χ2n) is 12.0. The molecule has 1 amide bonds. The number of halogens is 4. The summed E-state index contributed by atoms with van der Waals surface area (Å²) in [5, 5.41) is -0.374. The number of ether oxygens (including phenoxy) is 1. The Morgan fingerprint density at radius 3 is 2.29 bits per heavy atom. The second-order valence-corrected chi connectivity index (χ2v) is 14.3. The van der Waals surface area contributed by atoms with Gasteiger partial charge in [0.2, 0.25) is 5.91 Å². The van der Waals surface area contributed by atoms with E-state index < -0.39 is 22.1 Å². The zero-order chi connectivity index (χ0) is 31.8. The molecule has 0 aliphatic carbocycles. The summed E-state index contributed by atoms with van der Waals surface area (Å²) in [6.07, 6.45) is 4.19. The van der Waals surface area contributed by atoms with Crippen molar-refractivity contribution in [2.24, 2.45) is 5.41 Å². The number of benzene rings is 2. The van der Waals surface area contributed by atoms with Crippen LogP contribution < -0.4 is 13.9 Å². The number of hydrogen-bond donors (Lipinski definition) is 0. The van der Waals surface area contributed by atoms with E-state index in [4.69, 9.17) is 11.6 Å². The van der Waals surface area contributed by atoms with Crippen LogP contribution in [-0.4, -0.2) is 63.3 Å². The highest BCUT2D eigenvalue weighted by atomic mass is 35.5. The molecule has 3 aromatic rings. The number of anilines is 2. The lowest BCUT2D eigenvalue weighted by molar-refractivity contribution is -0.274. The summed E-state index contributed by atoms with van der Waals surface area (Å²) in [5.74, 6) is -0.599. The van der Waals surface area contributed by atoms with Crippen LogP contribution in [0.5, 0.6) is 5.75 Å². The predicted molar refractivity (Wildman–Crippen MR) is 165 cm³/mol. The van der Waals surface area contributed by atoms with E-state index in [9.17, 15) is 26.4 Å². The van der Waals surface area contributed by atoms with Gasteiger partial charge in [-0.05, 0) is 85.4 Å². The molecule has 8 nitrogen and oxygen atoms in total. The lowest BCUT2D eigenvalue weighted by Crippen LogP contribution is -2.48. The number of likely N-dealkylation sites (tertiary alicyclic amines) is 1. The third-order valence-corrected chi connectivity index (χ3v) is 11.6. The van der Waals surface area contributed by atoms with Crippen molar-refractivity contribution in [1.29, 1.82) is 0 Å². The minimum Gasteiger partial charge on any atom is -0.406 e. The summed E-state index contributed by atoms with van der Waals surface area (Å²) in [6.45, 7) is 3.56. The molecular formula is C32H34ClF3N4O4S. The third kappa shape index (κ3) is 6.86. The molecule has 4 heterocycles. The van der Waals surface area contributed by atoms with E-state index in [0.717, 1.165) is 62.5 Å². The average Bonchev–Trinajstić information content (AvgIpc) is 3.01. The molecule has 13 heteroatoms. The smallest absolute Gasteiger partial charge is 0.406 e. The highest BCUT2D eigenvalue weighted by molar-refractivity contribution is 7.93. The molecule has 2 fully saturated rings. The predicted octanol–water partition coefficient (Wildman–Crippen LogP) is 6.23. The van der Waals surface area contributed by atoms with Crippen LogP contribution in [0.2, 0.25) is 5.02 Å². The van der Waals surface area contributed by atoms with E-state index in [1.54, 1.807) is 6.07 Å². The third-order valence-electron chi connectivity index (χ3n) is 9.31. The number of amides is 1. The van der Waals surface area contributed by atoms with Crippen molar-refractivity contribution < 1.29 is 31.1 Å². The van der Waals surface area contributed by atoms with Gasteiger partial charge in [0.1, 0.15) is 10.6 Å². The zero-order valence-electron chi connectivity index (χ0n) is 24.6. The lowest BCUT2D eigenvalue weighted by Gasteiger charge is -2.47. The van der Waals surface area contributed by atoms with Crippen molar-refractivity contribution >= 4 is 38.9 Å². The molecule has 1 spiro atoms. The summed E-state index contributed by atoms with van der Waals surface area (Å²) < 4.78 is 70.4. The molecule has 0 unspecified atom stereocenters. The van der Waals surface area contributed by atoms with Crippen molar-refractivity contribution in [2.45, 2.75) is 56.2 Å². The van der Waals surface area contributed by atoms with Crippen molar-refractivity contribution in [3.05, 3.63) is 77.1 Å². The zero-order valence-corrected chi connectivity index (χ0v) is 26.2. The van der Waals surface area contributed by atoms with Gasteiger partial charge in [-0.25, -0.2) is 8.42 Å². The molecule has 6 rings (SSSR count). The van der Waals surface area contributed by atoms with Gasteiger partial charge in [-0.1, -0.05) is 23.7 Å². The number of carbonyl (C=O) groups excluding carboxylic acids is 1. The molecule has 240 valence electrons.